The molecule has 4 aromatic heterocycles. The van der Waals surface area contributed by atoms with Gasteiger partial charge in [-0.2, -0.15) is 20.4 Å². The molecule has 174 valence electrons. The van der Waals surface area contributed by atoms with E-state index in [4.69, 9.17) is 15.9 Å². The summed E-state index contributed by atoms with van der Waals surface area (Å²) in [6.45, 7) is 0. The summed E-state index contributed by atoms with van der Waals surface area (Å²) in [6, 6.07) is 5.85. The number of anilines is 2. The van der Waals surface area contributed by atoms with Crippen LogP contribution in [0.4, 0.5) is 16.4 Å². The summed E-state index contributed by atoms with van der Waals surface area (Å²) in [5, 5.41) is 35.6. The van der Waals surface area contributed by atoms with Crippen molar-refractivity contribution in [1.82, 2.24) is 40.0 Å². The van der Waals surface area contributed by atoms with Gasteiger partial charge in [-0.05, 0) is 24.3 Å². The average Bonchev–Trinajstić information content (AvgIpc) is 3.54. The number of nitrogens with two attached hydrogens (primary N) is 1. The van der Waals surface area contributed by atoms with Crippen molar-refractivity contribution in [1.29, 1.82) is 0 Å². The molecule has 16 nitrogen and oxygen atoms in total. The minimum absolute atomic E-state index is 0.0557. The Bertz CT molecular complexity index is 1310. The van der Waals surface area contributed by atoms with E-state index in [1.54, 1.807) is 0 Å². The Labute approximate surface area is 189 Å². The Hall–Kier alpha value is -5.41. The number of aromatic carboxylic acids is 2. The van der Waals surface area contributed by atoms with Gasteiger partial charge in [-0.15, -0.1) is 9.59 Å². The molecule has 0 aliphatic heterocycles. The molecule has 0 fully saturated rings. The third-order valence-electron chi connectivity index (χ3n) is 3.86. The van der Waals surface area contributed by atoms with Crippen molar-refractivity contribution in [2.24, 2.45) is 0 Å². The van der Waals surface area contributed by atoms with Crippen molar-refractivity contribution in [3.05, 3.63) is 60.4 Å². The van der Waals surface area contributed by atoms with Crippen molar-refractivity contribution in [3.63, 3.8) is 0 Å². The number of nitrogens with one attached hydrogen (secondary N) is 1. The zero-order valence-electron chi connectivity index (χ0n) is 17.3. The lowest BCUT2D eigenvalue weighted by atomic mass is 10.3. The smallest absolute Gasteiger partial charge is 0.412 e. The zero-order chi connectivity index (χ0) is 24.7. The molecule has 1 amide bonds. The number of carbonyl (C=O) groups is 3. The highest BCUT2D eigenvalue weighted by Crippen LogP contribution is 2.15. The molecule has 34 heavy (non-hydrogen) atoms. The van der Waals surface area contributed by atoms with E-state index in [9.17, 15) is 14.4 Å². The van der Waals surface area contributed by atoms with E-state index in [1.165, 1.54) is 61.0 Å². The first kappa shape index (κ1) is 23.3. The van der Waals surface area contributed by atoms with Crippen LogP contribution < -0.4 is 11.1 Å². The van der Waals surface area contributed by atoms with Crippen LogP contribution in [-0.2, 0) is 4.74 Å². The van der Waals surface area contributed by atoms with Crippen LogP contribution in [0.5, 0.6) is 0 Å². The molecule has 0 aromatic carbocycles. The minimum atomic E-state index is -1.26. The highest BCUT2D eigenvalue weighted by Gasteiger charge is 2.17. The lowest BCUT2D eigenvalue weighted by Gasteiger charge is -2.07. The van der Waals surface area contributed by atoms with E-state index < -0.39 is 18.0 Å². The van der Waals surface area contributed by atoms with Gasteiger partial charge in [0.15, 0.2) is 11.4 Å². The monoisotopic (exact) mass is 468 g/mol. The van der Waals surface area contributed by atoms with Crippen LogP contribution in [0.25, 0.3) is 11.4 Å². The maximum absolute atomic E-state index is 11.1. The fraction of sp³-hybridized carbons (Fsp3) is 0.0556. The lowest BCUT2D eigenvalue weighted by Crippen LogP contribution is -2.16. The van der Waals surface area contributed by atoms with Crippen LogP contribution in [0.3, 0.4) is 0 Å². The molecule has 0 unspecified atom stereocenters. The van der Waals surface area contributed by atoms with E-state index in [1.807, 2.05) is 0 Å². The van der Waals surface area contributed by atoms with Crippen molar-refractivity contribution < 1.29 is 29.3 Å². The Morgan fingerprint density at radius 2 is 1.29 bits per heavy atom. The molecule has 0 aliphatic carbocycles. The number of amides is 1. The second-order valence-electron chi connectivity index (χ2n) is 6.03. The van der Waals surface area contributed by atoms with Crippen LogP contribution in [-0.4, -0.2) is 75.3 Å². The quantitative estimate of drug-likeness (QED) is 0.313. The molecule has 0 bridgehead atoms. The van der Waals surface area contributed by atoms with E-state index in [2.05, 4.69) is 40.4 Å². The Morgan fingerprint density at radius 1 is 0.824 bits per heavy atom. The second kappa shape index (κ2) is 10.3. The second-order valence-corrected chi connectivity index (χ2v) is 6.03. The Kier molecular flexibility index (Phi) is 7.02. The fourth-order valence-electron chi connectivity index (χ4n) is 2.46. The number of hydrogen-bond acceptors (Lipinski definition) is 11. The molecule has 4 aromatic rings. The van der Waals surface area contributed by atoms with Gasteiger partial charge >= 0.3 is 18.0 Å². The number of carboxylic acid groups (broad SMARTS) is 2. The SMILES string of the molecule is COC(=O)Nc1ccc(-n2nccn2)c(C(=O)O)n1.Nc1ccc(-n2nccn2)c(C(=O)O)n1. The van der Waals surface area contributed by atoms with Crippen molar-refractivity contribution in [2.45, 2.75) is 0 Å². The van der Waals surface area contributed by atoms with Gasteiger partial charge in [0.2, 0.25) is 0 Å². The largest absolute Gasteiger partial charge is 0.476 e. The first-order valence-corrected chi connectivity index (χ1v) is 9.12. The number of nitrogen functional groups attached to an aromatic ring is 1. The van der Waals surface area contributed by atoms with Crippen molar-refractivity contribution in [2.75, 3.05) is 18.2 Å². The third kappa shape index (κ3) is 5.44. The molecule has 4 heterocycles. The van der Waals surface area contributed by atoms with Gasteiger partial charge in [-0.25, -0.2) is 24.4 Å². The summed E-state index contributed by atoms with van der Waals surface area (Å²) in [6.07, 6.45) is 4.97. The molecule has 0 aliphatic rings. The van der Waals surface area contributed by atoms with Crippen LogP contribution in [0.2, 0.25) is 0 Å². The predicted molar refractivity (Wildman–Crippen MR) is 113 cm³/mol. The van der Waals surface area contributed by atoms with Crippen LogP contribution in [0.1, 0.15) is 21.0 Å². The molecular weight excluding hydrogens is 452 g/mol. The summed E-state index contributed by atoms with van der Waals surface area (Å²) in [7, 11) is 1.19. The maximum Gasteiger partial charge on any atom is 0.412 e. The molecule has 5 N–H and O–H groups in total. The number of methoxy groups -OCH3 is 1. The predicted octanol–water partition coefficient (Wildman–Crippen LogP) is 0.481. The molecule has 0 atom stereocenters. The number of nitrogens with zero attached hydrogens (tertiary/aromatic N) is 8. The van der Waals surface area contributed by atoms with Crippen LogP contribution in [0.15, 0.2) is 49.1 Å². The normalized spacial score (nSPS) is 10.0. The standard InChI is InChI=1S/C10H9N5O4.C8H7N5O2/c1-19-10(18)14-7-3-2-6(8(13-7)9(16)17)15-11-4-5-12-15;9-6-2-1-5(7(12-6)8(14)15)13-10-3-4-11-13/h2-5H,1H3,(H,16,17)(H,13,14,18);1-4H,(H2,9,12)(H,14,15). The van der Waals surface area contributed by atoms with Gasteiger partial charge in [-0.1, -0.05) is 0 Å². The summed E-state index contributed by atoms with van der Waals surface area (Å²) >= 11 is 0. The van der Waals surface area contributed by atoms with Gasteiger partial charge in [0.05, 0.1) is 31.9 Å². The first-order chi connectivity index (χ1) is 16.3. The fourth-order valence-corrected chi connectivity index (χ4v) is 2.46. The lowest BCUT2D eigenvalue weighted by molar-refractivity contribution is 0.0679. The Morgan fingerprint density at radius 3 is 1.76 bits per heavy atom. The number of rotatable bonds is 5. The summed E-state index contributed by atoms with van der Waals surface area (Å²) in [5.74, 6) is -2.24. The van der Waals surface area contributed by atoms with E-state index in [-0.39, 0.29) is 34.4 Å². The van der Waals surface area contributed by atoms with E-state index in [0.717, 1.165) is 4.80 Å². The molecule has 0 saturated carbocycles. The molecule has 16 heteroatoms. The summed E-state index contributed by atoms with van der Waals surface area (Å²) in [4.78, 5) is 42.9. The summed E-state index contributed by atoms with van der Waals surface area (Å²) < 4.78 is 4.39. The number of carboxylic acids is 2. The topological polar surface area (TPSA) is 226 Å². The molecule has 0 saturated heterocycles. The highest BCUT2D eigenvalue weighted by molar-refractivity contribution is 5.91. The van der Waals surface area contributed by atoms with Crippen LogP contribution >= 0.6 is 0 Å². The van der Waals surface area contributed by atoms with Crippen molar-refractivity contribution in [3.8, 4) is 11.4 Å². The number of ether oxygens (including phenoxy) is 1. The van der Waals surface area contributed by atoms with Crippen molar-refractivity contribution >= 4 is 29.7 Å². The zero-order valence-corrected chi connectivity index (χ0v) is 17.3. The number of hydrogen-bond donors (Lipinski definition) is 4. The average molecular weight is 468 g/mol. The number of pyridine rings is 2. The van der Waals surface area contributed by atoms with Gasteiger partial charge in [0.25, 0.3) is 0 Å². The van der Waals surface area contributed by atoms with E-state index in [0.29, 0.717) is 0 Å². The third-order valence-corrected chi connectivity index (χ3v) is 3.86. The molecular formula is C18H16N10O6. The van der Waals surface area contributed by atoms with Gasteiger partial charge in [-0.3, -0.25) is 5.32 Å². The van der Waals surface area contributed by atoms with E-state index >= 15 is 0 Å². The Balaban J connectivity index is 0.000000196. The molecule has 4 rings (SSSR count). The van der Waals surface area contributed by atoms with Gasteiger partial charge in [0, 0.05) is 0 Å². The number of aromatic nitrogens is 8. The maximum atomic E-state index is 11.1. The highest BCUT2D eigenvalue weighted by atomic mass is 16.5. The van der Waals surface area contributed by atoms with Gasteiger partial charge in [0.1, 0.15) is 23.0 Å². The van der Waals surface area contributed by atoms with Gasteiger partial charge < -0.3 is 20.7 Å². The van der Waals surface area contributed by atoms with Crippen LogP contribution in [0, 0.1) is 0 Å². The minimum Gasteiger partial charge on any atom is -0.476 e. The molecule has 0 radical (unpaired) electrons. The number of carbonyl (C=O) groups excluding carboxylic acids is 1. The molecule has 0 spiro atoms. The summed E-state index contributed by atoms with van der Waals surface area (Å²) in [5.41, 5.74) is 5.40. The first-order valence-electron chi connectivity index (χ1n) is 9.12.